The van der Waals surface area contributed by atoms with E-state index in [1.807, 2.05) is 0 Å². The molecular weight excluding hydrogens is 424 g/mol. The molecule has 35 heavy (non-hydrogen) atoms. The molecule has 2 nitrogen and oxygen atoms in total. The summed E-state index contributed by atoms with van der Waals surface area (Å²) in [5.41, 5.74) is 12.2. The number of rotatable bonds is 2. The van der Waals surface area contributed by atoms with E-state index < -0.39 is 0 Å². The fourth-order valence-corrected chi connectivity index (χ4v) is 5.80. The van der Waals surface area contributed by atoms with Crippen molar-refractivity contribution < 1.29 is 9.13 Å². The molecule has 0 aliphatic carbocycles. The lowest BCUT2D eigenvalue weighted by Gasteiger charge is -2.23. The number of fused-ring (bicyclic) bond motifs is 9. The molecule has 7 rings (SSSR count). The molecule has 2 heteroatoms. The predicted octanol–water partition coefficient (Wildman–Crippen LogP) is 6.34. The third-order valence-corrected chi connectivity index (χ3v) is 7.66. The summed E-state index contributed by atoms with van der Waals surface area (Å²) < 4.78 is 4.90. The van der Waals surface area contributed by atoms with Crippen LogP contribution in [0.1, 0.15) is 27.8 Å². The molecule has 0 fully saturated rings. The molecule has 5 aromatic rings. The van der Waals surface area contributed by atoms with Crippen LogP contribution in [0.3, 0.4) is 0 Å². The summed E-state index contributed by atoms with van der Waals surface area (Å²) in [5, 5.41) is 2.65. The second kappa shape index (κ2) is 8.02. The van der Waals surface area contributed by atoms with Crippen LogP contribution in [0.5, 0.6) is 0 Å². The third kappa shape index (κ3) is 3.40. The zero-order chi connectivity index (χ0) is 23.4. The van der Waals surface area contributed by atoms with Crippen LogP contribution in [0.4, 0.5) is 0 Å². The first-order chi connectivity index (χ1) is 17.2. The van der Waals surface area contributed by atoms with Crippen LogP contribution in [-0.2, 0) is 25.9 Å². The molecule has 0 radical (unpaired) electrons. The molecule has 168 valence electrons. The van der Waals surface area contributed by atoms with Gasteiger partial charge in [0.25, 0.3) is 0 Å². The van der Waals surface area contributed by atoms with E-state index in [0.29, 0.717) is 0 Å². The van der Waals surface area contributed by atoms with Crippen molar-refractivity contribution >= 4 is 22.9 Å². The van der Waals surface area contributed by atoms with Gasteiger partial charge in [-0.1, -0.05) is 72.3 Å². The van der Waals surface area contributed by atoms with Gasteiger partial charge in [0.1, 0.15) is 0 Å². The highest BCUT2D eigenvalue weighted by Crippen LogP contribution is 2.41. The van der Waals surface area contributed by atoms with Gasteiger partial charge in [-0.25, -0.2) is 0 Å². The maximum Gasteiger partial charge on any atom is 0.221 e. The summed E-state index contributed by atoms with van der Waals surface area (Å²) >= 11 is 0. The number of aromatic nitrogens is 2. The number of hydrogen-bond donors (Lipinski definition) is 0. The molecule has 2 aromatic heterocycles. The number of pyridine rings is 2. The predicted molar refractivity (Wildman–Crippen MR) is 143 cm³/mol. The van der Waals surface area contributed by atoms with Gasteiger partial charge in [-0.05, 0) is 40.6 Å². The lowest BCUT2D eigenvalue weighted by Crippen LogP contribution is -2.43. The summed E-state index contributed by atoms with van der Waals surface area (Å²) in [6.45, 7) is 4.19. The Kier molecular flexibility index (Phi) is 4.66. The molecule has 0 bridgehead atoms. The van der Waals surface area contributed by atoms with Crippen molar-refractivity contribution in [1.82, 2.24) is 0 Å². The fourth-order valence-electron chi connectivity index (χ4n) is 5.80. The number of nitrogens with zero attached hydrogens (tertiary/aromatic N) is 2. The zero-order valence-corrected chi connectivity index (χ0v) is 20.0. The Bertz CT molecular complexity index is 1640. The van der Waals surface area contributed by atoms with E-state index in [-0.39, 0.29) is 0 Å². The molecule has 2 aliphatic heterocycles. The van der Waals surface area contributed by atoms with Crippen LogP contribution in [0, 0.1) is 6.92 Å². The van der Waals surface area contributed by atoms with E-state index in [4.69, 9.17) is 0 Å². The minimum Gasteiger partial charge on any atom is -0.198 e. The first-order valence-electron chi connectivity index (χ1n) is 12.6. The van der Waals surface area contributed by atoms with Gasteiger partial charge in [0.05, 0.1) is 16.5 Å². The van der Waals surface area contributed by atoms with Crippen molar-refractivity contribution in [2.24, 2.45) is 0 Å². The molecule has 0 amide bonds. The second-order valence-electron chi connectivity index (χ2n) is 9.86. The summed E-state index contributed by atoms with van der Waals surface area (Å²) in [6, 6.07) is 29.2. The minimum atomic E-state index is 1.03. The minimum absolute atomic E-state index is 1.03. The van der Waals surface area contributed by atoms with Crippen LogP contribution < -0.4 is 9.13 Å². The number of benzene rings is 3. The lowest BCUT2D eigenvalue weighted by molar-refractivity contribution is -0.689. The van der Waals surface area contributed by atoms with E-state index in [2.05, 4.69) is 119 Å². The average molecular weight is 453 g/mol. The molecule has 0 spiro atoms. The Balaban J connectivity index is 1.42. The molecule has 0 atom stereocenters. The zero-order valence-electron chi connectivity index (χ0n) is 20.0. The molecule has 4 heterocycles. The Morgan fingerprint density at radius 1 is 0.657 bits per heavy atom. The first kappa shape index (κ1) is 20.3. The van der Waals surface area contributed by atoms with Gasteiger partial charge >= 0.3 is 0 Å². The van der Waals surface area contributed by atoms with Gasteiger partial charge < -0.3 is 0 Å². The van der Waals surface area contributed by atoms with E-state index in [9.17, 15) is 0 Å². The average Bonchev–Trinajstić information content (AvgIpc) is 2.91. The SMILES string of the molecule is Cc1ccc(/C=C/c2cc[n+]3c(c2)-c2c(ccc4c2-c2c5ccccc5cc[n+]2CC4)CC3)cc1. The highest BCUT2D eigenvalue weighted by molar-refractivity contribution is 5.98. The molecule has 2 aliphatic rings. The Morgan fingerprint density at radius 2 is 1.37 bits per heavy atom. The summed E-state index contributed by atoms with van der Waals surface area (Å²) in [7, 11) is 0. The highest BCUT2D eigenvalue weighted by atomic mass is 15.0. The van der Waals surface area contributed by atoms with Gasteiger partial charge in [-0.3, -0.25) is 0 Å². The van der Waals surface area contributed by atoms with E-state index >= 15 is 0 Å². The molecule has 0 saturated heterocycles. The smallest absolute Gasteiger partial charge is 0.198 e. The van der Waals surface area contributed by atoms with Crippen molar-refractivity contribution in [2.75, 3.05) is 0 Å². The van der Waals surface area contributed by atoms with Crippen molar-refractivity contribution in [1.29, 1.82) is 0 Å². The monoisotopic (exact) mass is 452 g/mol. The van der Waals surface area contributed by atoms with Crippen LogP contribution in [0.25, 0.3) is 45.4 Å². The van der Waals surface area contributed by atoms with Crippen LogP contribution in [0.15, 0.2) is 91.3 Å². The van der Waals surface area contributed by atoms with Crippen molar-refractivity contribution in [3.8, 4) is 22.5 Å². The van der Waals surface area contributed by atoms with Crippen LogP contribution in [0.2, 0.25) is 0 Å². The Labute approximate surface area is 206 Å². The van der Waals surface area contributed by atoms with Crippen LogP contribution >= 0.6 is 0 Å². The first-order valence-corrected chi connectivity index (χ1v) is 12.6. The van der Waals surface area contributed by atoms with E-state index in [0.717, 1.165) is 25.9 Å². The summed E-state index contributed by atoms with van der Waals surface area (Å²) in [4.78, 5) is 0. The maximum absolute atomic E-state index is 2.46. The van der Waals surface area contributed by atoms with Crippen LogP contribution in [-0.4, -0.2) is 0 Å². The highest BCUT2D eigenvalue weighted by Gasteiger charge is 2.34. The summed E-state index contributed by atoms with van der Waals surface area (Å²) in [5.74, 6) is 0. The quantitative estimate of drug-likeness (QED) is 0.276. The fraction of sp³-hybridized carbons (Fsp3) is 0.152. The van der Waals surface area contributed by atoms with Gasteiger partial charge in [-0.15, -0.1) is 0 Å². The van der Waals surface area contributed by atoms with Gasteiger partial charge in [-0.2, -0.15) is 9.13 Å². The second-order valence-corrected chi connectivity index (χ2v) is 9.86. The molecule has 0 N–H and O–H groups in total. The third-order valence-electron chi connectivity index (χ3n) is 7.66. The lowest BCUT2D eigenvalue weighted by atomic mass is 9.83. The Hall–Kier alpha value is -4.04. The normalized spacial score (nSPS) is 13.9. The van der Waals surface area contributed by atoms with E-state index in [1.54, 1.807) is 0 Å². The number of hydrogen-bond acceptors (Lipinski definition) is 0. The molecule has 3 aromatic carbocycles. The van der Waals surface area contributed by atoms with E-state index in [1.165, 1.54) is 61.1 Å². The summed E-state index contributed by atoms with van der Waals surface area (Å²) in [6.07, 6.45) is 11.2. The standard InChI is InChI=1S/C33H28N2/c1-23-6-8-24(9-7-23)10-11-25-14-18-34-19-16-27-12-13-28-17-21-35-20-15-26-4-2-3-5-29(26)33(35)32(28)31(27)30(34)22-25/h2-15,18,20,22H,16-17,19,21H2,1H3/q+2/b11-10+. The van der Waals surface area contributed by atoms with Crippen molar-refractivity contribution in [3.05, 3.63) is 119 Å². The van der Waals surface area contributed by atoms with Gasteiger partial charge in [0, 0.05) is 31.0 Å². The molecular formula is C33H28N2+2. The van der Waals surface area contributed by atoms with Gasteiger partial charge in [0.2, 0.25) is 11.4 Å². The molecule has 0 saturated carbocycles. The topological polar surface area (TPSA) is 7.76 Å². The van der Waals surface area contributed by atoms with Gasteiger partial charge in [0.15, 0.2) is 25.5 Å². The Morgan fingerprint density at radius 3 is 2.23 bits per heavy atom. The largest absolute Gasteiger partial charge is 0.221 e. The molecule has 0 unspecified atom stereocenters. The maximum atomic E-state index is 2.46. The number of aryl methyl sites for hydroxylation is 5. The van der Waals surface area contributed by atoms with Crippen molar-refractivity contribution in [3.63, 3.8) is 0 Å². The van der Waals surface area contributed by atoms with Crippen molar-refractivity contribution in [2.45, 2.75) is 32.9 Å².